The summed E-state index contributed by atoms with van der Waals surface area (Å²) in [5, 5.41) is 4.21. The largest absolute Gasteiger partial charge is 1.00 e. The van der Waals surface area contributed by atoms with Gasteiger partial charge in [0.05, 0.1) is 0 Å². The first-order valence-electron chi connectivity index (χ1n) is 6.55. The molecule has 21 heavy (non-hydrogen) atoms. The van der Waals surface area contributed by atoms with Crippen molar-refractivity contribution >= 4 is 16.2 Å². The maximum atomic E-state index is 12.0. The van der Waals surface area contributed by atoms with Crippen LogP contribution in [-0.2, 0) is 10.0 Å². The van der Waals surface area contributed by atoms with Gasteiger partial charge in [0, 0.05) is 11.6 Å². The fraction of sp³-hybridized carbons (Fsp3) is 0.467. The number of hydrogen-bond donors (Lipinski definition) is 1. The molecule has 0 bridgehead atoms. The molecule has 0 aliphatic heterocycles. The topological polar surface area (TPSA) is 58.5 Å². The summed E-state index contributed by atoms with van der Waals surface area (Å²) >= 11 is 0. The van der Waals surface area contributed by atoms with E-state index in [4.69, 9.17) is 0 Å². The van der Waals surface area contributed by atoms with Crippen molar-refractivity contribution in [3.63, 3.8) is 0 Å². The molecular weight excluding hydrogens is 295 g/mol. The molecule has 0 aromatic rings. The van der Waals surface area contributed by atoms with Crippen LogP contribution in [0.4, 0.5) is 0 Å². The van der Waals surface area contributed by atoms with Gasteiger partial charge >= 0.3 is 29.6 Å². The molecule has 0 heterocycles. The van der Waals surface area contributed by atoms with Crippen LogP contribution >= 0.6 is 0 Å². The molecule has 0 fully saturated rings. The van der Waals surface area contributed by atoms with Gasteiger partial charge in [0.2, 0.25) is 10.0 Å². The van der Waals surface area contributed by atoms with E-state index in [1.54, 1.807) is 18.4 Å². The third-order valence-electron chi connectivity index (χ3n) is 2.73. The standard InChI is InChI=1S/C15H23N2O2S.Na/c1-12(2)10-15(4,5)11-16-17-20(18,19)14-8-6-13(3)7-9-14;/h6-8,10-11,17H,9H2,1-5H3;/q-1;+1. The van der Waals surface area contributed by atoms with Crippen molar-refractivity contribution < 1.29 is 38.0 Å². The van der Waals surface area contributed by atoms with E-state index in [0.717, 1.165) is 11.1 Å². The molecule has 4 nitrogen and oxygen atoms in total. The van der Waals surface area contributed by atoms with E-state index in [-0.39, 0.29) is 35.0 Å². The minimum absolute atomic E-state index is 0. The molecule has 0 radical (unpaired) electrons. The third-order valence-corrected chi connectivity index (χ3v) is 4.07. The minimum atomic E-state index is -3.54. The molecule has 0 atom stereocenters. The quantitative estimate of drug-likeness (QED) is 0.261. The summed E-state index contributed by atoms with van der Waals surface area (Å²) in [6, 6.07) is 0. The zero-order chi connectivity index (χ0) is 15.4. The van der Waals surface area contributed by atoms with Crippen molar-refractivity contribution in [1.29, 1.82) is 0 Å². The van der Waals surface area contributed by atoms with Crippen LogP contribution in [0.25, 0.3) is 0 Å². The summed E-state index contributed by atoms with van der Waals surface area (Å²) in [7, 11) is -3.54. The second-order valence-electron chi connectivity index (χ2n) is 5.85. The molecule has 0 saturated heterocycles. The molecule has 0 aromatic carbocycles. The third kappa shape index (κ3) is 7.36. The minimum Gasteiger partial charge on any atom is -0.220 e. The van der Waals surface area contributed by atoms with Gasteiger partial charge in [-0.25, -0.2) is 25.4 Å². The van der Waals surface area contributed by atoms with Gasteiger partial charge in [-0.15, -0.1) is 11.6 Å². The Labute approximate surface area is 150 Å². The van der Waals surface area contributed by atoms with Crippen molar-refractivity contribution in [3.8, 4) is 0 Å². The predicted octanol–water partition coefficient (Wildman–Crippen LogP) is 0.326. The number of allylic oxidation sites excluding steroid dienone is 5. The Kier molecular flexibility index (Phi) is 8.03. The van der Waals surface area contributed by atoms with Gasteiger partial charge in [-0.2, -0.15) is 5.10 Å². The van der Waals surface area contributed by atoms with Crippen molar-refractivity contribution in [2.75, 3.05) is 0 Å². The number of sulfonamides is 1. The molecule has 1 rings (SSSR count). The molecular formula is C15H23N2NaO2S. The number of nitrogens with one attached hydrogen (secondary N) is 1. The number of nitrogens with zero attached hydrogens (tertiary/aromatic N) is 1. The summed E-state index contributed by atoms with van der Waals surface area (Å²) in [6.07, 6.45) is 9.33. The van der Waals surface area contributed by atoms with Crippen LogP contribution in [0.1, 0.15) is 41.0 Å². The number of hydrogen-bond acceptors (Lipinski definition) is 3. The smallest absolute Gasteiger partial charge is 0.220 e. The van der Waals surface area contributed by atoms with Crippen molar-refractivity contribution in [3.05, 3.63) is 40.7 Å². The van der Waals surface area contributed by atoms with E-state index >= 15 is 0 Å². The Balaban J connectivity index is 0.00000400. The monoisotopic (exact) mass is 318 g/mol. The van der Waals surface area contributed by atoms with E-state index in [0.29, 0.717) is 11.7 Å². The molecule has 0 spiro atoms. The molecule has 0 saturated carbocycles. The van der Waals surface area contributed by atoms with Crippen LogP contribution in [0.3, 0.4) is 0 Å². The Morgan fingerprint density at radius 3 is 2.52 bits per heavy atom. The van der Waals surface area contributed by atoms with Gasteiger partial charge < -0.3 is 0 Å². The van der Waals surface area contributed by atoms with Gasteiger partial charge in [-0.3, -0.25) is 0 Å². The van der Waals surface area contributed by atoms with Crippen LogP contribution in [-0.4, -0.2) is 14.6 Å². The zero-order valence-corrected chi connectivity index (χ0v) is 16.6. The van der Waals surface area contributed by atoms with Gasteiger partial charge in [0.25, 0.3) is 0 Å². The van der Waals surface area contributed by atoms with Gasteiger partial charge in [-0.05, 0) is 13.8 Å². The van der Waals surface area contributed by atoms with E-state index in [1.165, 1.54) is 0 Å². The molecule has 0 aromatic heterocycles. The molecule has 0 unspecified atom stereocenters. The second kappa shape index (κ2) is 8.22. The normalized spacial score (nSPS) is 15.5. The zero-order valence-electron chi connectivity index (χ0n) is 13.8. The van der Waals surface area contributed by atoms with Crippen LogP contribution < -0.4 is 34.4 Å². The SMILES string of the molecule is CC(C)=CC(C)(C)C=NNS(=O)(=O)[C-]1C=CC(C)=CC1.[Na+]. The van der Waals surface area contributed by atoms with E-state index in [2.05, 4.69) is 9.93 Å². The summed E-state index contributed by atoms with van der Waals surface area (Å²) in [5.41, 5.74) is 1.94. The second-order valence-corrected chi connectivity index (χ2v) is 7.56. The number of rotatable bonds is 5. The van der Waals surface area contributed by atoms with Crippen LogP contribution in [0.2, 0.25) is 0 Å². The Hall–Kier alpha value is -0.490. The summed E-state index contributed by atoms with van der Waals surface area (Å²) in [6.45, 7) is 9.87. The van der Waals surface area contributed by atoms with E-state index < -0.39 is 10.0 Å². The van der Waals surface area contributed by atoms with Crippen molar-refractivity contribution in [2.24, 2.45) is 10.5 Å². The summed E-state index contributed by atoms with van der Waals surface area (Å²) < 4.78 is 24.1. The average Bonchev–Trinajstić information content (AvgIpc) is 2.26. The fourth-order valence-corrected chi connectivity index (χ4v) is 2.78. The van der Waals surface area contributed by atoms with Gasteiger partial charge in [-0.1, -0.05) is 44.1 Å². The Morgan fingerprint density at radius 2 is 2.05 bits per heavy atom. The first-order chi connectivity index (χ1) is 9.12. The first-order valence-corrected chi connectivity index (χ1v) is 8.03. The molecule has 1 N–H and O–H groups in total. The molecule has 0 amide bonds. The molecule has 6 heteroatoms. The molecule has 112 valence electrons. The number of hydrazone groups is 1. The maximum absolute atomic E-state index is 12.0. The summed E-state index contributed by atoms with van der Waals surface area (Å²) in [4.78, 5) is 2.27. The summed E-state index contributed by atoms with van der Waals surface area (Å²) in [5.74, 6) is 0. The Morgan fingerprint density at radius 1 is 1.43 bits per heavy atom. The van der Waals surface area contributed by atoms with Gasteiger partial charge in [0.1, 0.15) is 0 Å². The predicted molar refractivity (Wildman–Crippen MR) is 84.5 cm³/mol. The van der Waals surface area contributed by atoms with Crippen molar-refractivity contribution in [1.82, 2.24) is 4.83 Å². The van der Waals surface area contributed by atoms with E-state index in [9.17, 15) is 8.42 Å². The average molecular weight is 318 g/mol. The Bertz CT molecular complexity index is 568. The van der Waals surface area contributed by atoms with Crippen LogP contribution in [0.15, 0.2) is 40.6 Å². The van der Waals surface area contributed by atoms with E-state index in [1.807, 2.05) is 46.8 Å². The van der Waals surface area contributed by atoms with Crippen LogP contribution in [0, 0.1) is 10.7 Å². The van der Waals surface area contributed by atoms with Crippen molar-refractivity contribution in [2.45, 2.75) is 41.0 Å². The van der Waals surface area contributed by atoms with Gasteiger partial charge in [0.15, 0.2) is 0 Å². The first kappa shape index (κ1) is 20.5. The molecule has 1 aliphatic rings. The molecule has 1 aliphatic carbocycles. The fourth-order valence-electron chi connectivity index (χ4n) is 1.92. The maximum Gasteiger partial charge on any atom is 1.00 e. The van der Waals surface area contributed by atoms with Crippen LogP contribution in [0.5, 0.6) is 0 Å².